The average molecular weight is 418 g/mol. The van der Waals surface area contributed by atoms with E-state index < -0.39 is 18.2 Å². The Hall–Kier alpha value is -3.04. The third-order valence-corrected chi connectivity index (χ3v) is 4.76. The SMILES string of the molecule is CC1(C)OC[C@H](COc2ccc(-c3nc4c(C(=O)O)cccc4[nH]3)c(C(F)F)c2)O1. The minimum Gasteiger partial charge on any atom is -0.491 e. The first-order valence-electron chi connectivity index (χ1n) is 9.32. The second-order valence-corrected chi connectivity index (χ2v) is 7.40. The number of H-pyrrole nitrogens is 1. The highest BCUT2D eigenvalue weighted by molar-refractivity contribution is 6.01. The van der Waals surface area contributed by atoms with Gasteiger partial charge in [-0.15, -0.1) is 0 Å². The van der Waals surface area contributed by atoms with Crippen LogP contribution in [0.25, 0.3) is 22.4 Å². The zero-order valence-electron chi connectivity index (χ0n) is 16.3. The van der Waals surface area contributed by atoms with E-state index in [0.29, 0.717) is 12.1 Å². The van der Waals surface area contributed by atoms with Gasteiger partial charge in [0.1, 0.15) is 29.8 Å². The van der Waals surface area contributed by atoms with Crippen molar-refractivity contribution in [3.05, 3.63) is 47.5 Å². The van der Waals surface area contributed by atoms with Gasteiger partial charge in [-0.3, -0.25) is 0 Å². The van der Waals surface area contributed by atoms with E-state index in [1.165, 1.54) is 18.2 Å². The molecule has 4 rings (SSSR count). The number of aromatic carboxylic acids is 1. The van der Waals surface area contributed by atoms with Crippen LogP contribution in [-0.4, -0.2) is 46.1 Å². The van der Waals surface area contributed by atoms with Crippen molar-refractivity contribution in [1.82, 2.24) is 9.97 Å². The molecule has 1 saturated heterocycles. The van der Waals surface area contributed by atoms with Crippen molar-refractivity contribution in [3.63, 3.8) is 0 Å². The van der Waals surface area contributed by atoms with E-state index in [-0.39, 0.29) is 46.5 Å². The molecule has 7 nitrogen and oxygen atoms in total. The van der Waals surface area contributed by atoms with Gasteiger partial charge in [-0.25, -0.2) is 18.6 Å². The Morgan fingerprint density at radius 1 is 1.37 bits per heavy atom. The van der Waals surface area contributed by atoms with E-state index in [1.54, 1.807) is 32.0 Å². The summed E-state index contributed by atoms with van der Waals surface area (Å²) in [6.07, 6.45) is -3.07. The normalized spacial score (nSPS) is 18.2. The summed E-state index contributed by atoms with van der Waals surface area (Å²) < 4.78 is 44.3. The maximum Gasteiger partial charge on any atom is 0.337 e. The number of benzene rings is 2. The Morgan fingerprint density at radius 2 is 2.17 bits per heavy atom. The topological polar surface area (TPSA) is 93.7 Å². The first kappa shape index (κ1) is 20.2. The van der Waals surface area contributed by atoms with Crippen molar-refractivity contribution in [2.75, 3.05) is 13.2 Å². The number of para-hydroxylation sites is 1. The van der Waals surface area contributed by atoms with Crippen LogP contribution in [0, 0.1) is 0 Å². The van der Waals surface area contributed by atoms with E-state index in [9.17, 15) is 18.7 Å². The lowest BCUT2D eigenvalue weighted by Crippen LogP contribution is -2.25. The number of nitrogens with zero attached hydrogens (tertiary/aromatic N) is 1. The number of fused-ring (bicyclic) bond motifs is 1. The molecule has 158 valence electrons. The molecule has 0 amide bonds. The van der Waals surface area contributed by atoms with Gasteiger partial charge in [-0.1, -0.05) is 6.07 Å². The van der Waals surface area contributed by atoms with Crippen molar-refractivity contribution in [3.8, 4) is 17.1 Å². The van der Waals surface area contributed by atoms with Crippen molar-refractivity contribution in [2.45, 2.75) is 32.2 Å². The highest BCUT2D eigenvalue weighted by Crippen LogP contribution is 2.34. The molecule has 1 aliphatic heterocycles. The summed E-state index contributed by atoms with van der Waals surface area (Å²) in [5.41, 5.74) is 0.557. The van der Waals surface area contributed by atoms with Crippen LogP contribution in [0.4, 0.5) is 8.78 Å². The molecule has 2 N–H and O–H groups in total. The lowest BCUT2D eigenvalue weighted by molar-refractivity contribution is -0.141. The molecule has 1 fully saturated rings. The summed E-state index contributed by atoms with van der Waals surface area (Å²) in [6.45, 7) is 4.11. The molecule has 0 aliphatic carbocycles. The molecular weight excluding hydrogens is 398 g/mol. The zero-order valence-corrected chi connectivity index (χ0v) is 16.3. The van der Waals surface area contributed by atoms with Gasteiger partial charge in [-0.2, -0.15) is 0 Å². The molecule has 1 aromatic heterocycles. The fourth-order valence-electron chi connectivity index (χ4n) is 3.39. The number of hydrogen-bond donors (Lipinski definition) is 2. The van der Waals surface area contributed by atoms with Gasteiger partial charge in [0.25, 0.3) is 6.43 Å². The molecule has 1 aliphatic rings. The smallest absolute Gasteiger partial charge is 0.337 e. The lowest BCUT2D eigenvalue weighted by atomic mass is 10.1. The highest BCUT2D eigenvalue weighted by atomic mass is 19.3. The number of imidazole rings is 1. The van der Waals surface area contributed by atoms with Crippen LogP contribution in [0.3, 0.4) is 0 Å². The molecule has 3 aromatic rings. The first-order valence-corrected chi connectivity index (χ1v) is 9.32. The number of nitrogens with one attached hydrogen (secondary N) is 1. The number of alkyl halides is 2. The highest BCUT2D eigenvalue weighted by Gasteiger charge is 2.33. The zero-order chi connectivity index (χ0) is 21.5. The quantitative estimate of drug-likeness (QED) is 0.617. The summed E-state index contributed by atoms with van der Waals surface area (Å²) >= 11 is 0. The van der Waals surface area contributed by atoms with Crippen molar-refractivity contribution in [2.24, 2.45) is 0 Å². The third kappa shape index (κ3) is 3.99. The molecular formula is C21H20F2N2O5. The Kier molecular flexibility index (Phi) is 5.17. The Balaban J connectivity index is 1.62. The van der Waals surface area contributed by atoms with Crippen molar-refractivity contribution in [1.29, 1.82) is 0 Å². The molecule has 2 heterocycles. The van der Waals surface area contributed by atoms with Crippen LogP contribution in [0.1, 0.15) is 36.2 Å². The van der Waals surface area contributed by atoms with Gasteiger partial charge < -0.3 is 24.3 Å². The molecule has 2 aromatic carbocycles. The Morgan fingerprint density at radius 3 is 2.83 bits per heavy atom. The largest absolute Gasteiger partial charge is 0.491 e. The number of aromatic nitrogens is 2. The van der Waals surface area contributed by atoms with Gasteiger partial charge in [0.2, 0.25) is 0 Å². The number of carboxylic acids is 1. The third-order valence-electron chi connectivity index (χ3n) is 4.76. The molecule has 0 spiro atoms. The van der Waals surface area contributed by atoms with Crippen LogP contribution in [0.2, 0.25) is 0 Å². The number of carboxylic acid groups (broad SMARTS) is 1. The van der Waals surface area contributed by atoms with Crippen LogP contribution in [0.5, 0.6) is 5.75 Å². The molecule has 0 bridgehead atoms. The second-order valence-electron chi connectivity index (χ2n) is 7.40. The maximum atomic E-state index is 13.8. The number of ether oxygens (including phenoxy) is 3. The fourth-order valence-corrected chi connectivity index (χ4v) is 3.39. The summed E-state index contributed by atoms with van der Waals surface area (Å²) in [6, 6.07) is 8.92. The number of aromatic amines is 1. The molecule has 30 heavy (non-hydrogen) atoms. The number of rotatable bonds is 6. The molecule has 0 saturated carbocycles. The predicted octanol–water partition coefficient (Wildman–Crippen LogP) is 4.40. The van der Waals surface area contributed by atoms with E-state index in [0.717, 1.165) is 0 Å². The maximum absolute atomic E-state index is 13.8. The standard InChI is InChI=1S/C21H20F2N2O5/c1-21(2)29-10-12(30-21)9-28-11-6-7-13(15(8-11)18(22)23)19-24-16-5-3-4-14(20(26)27)17(16)25-19/h3-8,12,18H,9-10H2,1-2H3,(H,24,25)(H,26,27)/t12-/m0/s1. The van der Waals surface area contributed by atoms with Gasteiger partial charge in [0.05, 0.1) is 17.7 Å². The van der Waals surface area contributed by atoms with Gasteiger partial charge in [-0.05, 0) is 44.2 Å². The molecule has 9 heteroatoms. The van der Waals surface area contributed by atoms with Gasteiger partial charge in [0.15, 0.2) is 5.79 Å². The minimum absolute atomic E-state index is 0.00439. The molecule has 0 radical (unpaired) electrons. The van der Waals surface area contributed by atoms with Crippen LogP contribution in [0.15, 0.2) is 36.4 Å². The Bertz CT molecular complexity index is 1100. The summed E-state index contributed by atoms with van der Waals surface area (Å²) in [4.78, 5) is 18.6. The molecule has 1 atom stereocenters. The van der Waals surface area contributed by atoms with Crippen LogP contribution in [-0.2, 0) is 9.47 Å². The van der Waals surface area contributed by atoms with Gasteiger partial charge in [0, 0.05) is 11.1 Å². The van der Waals surface area contributed by atoms with Crippen molar-refractivity contribution >= 4 is 17.0 Å². The summed E-state index contributed by atoms with van der Waals surface area (Å²) in [5, 5.41) is 9.31. The van der Waals surface area contributed by atoms with Crippen LogP contribution < -0.4 is 4.74 Å². The van der Waals surface area contributed by atoms with E-state index >= 15 is 0 Å². The minimum atomic E-state index is -2.78. The first-order chi connectivity index (χ1) is 14.2. The van der Waals surface area contributed by atoms with E-state index in [2.05, 4.69) is 9.97 Å². The monoisotopic (exact) mass is 418 g/mol. The lowest BCUT2D eigenvalue weighted by Gasteiger charge is -2.17. The van der Waals surface area contributed by atoms with Gasteiger partial charge >= 0.3 is 5.97 Å². The second kappa shape index (κ2) is 7.66. The Labute approximate surface area is 170 Å². The van der Waals surface area contributed by atoms with E-state index in [4.69, 9.17) is 14.2 Å². The van der Waals surface area contributed by atoms with Crippen molar-refractivity contribution < 1.29 is 32.9 Å². The van der Waals surface area contributed by atoms with E-state index in [1.807, 2.05) is 0 Å². The summed E-state index contributed by atoms with van der Waals surface area (Å²) in [7, 11) is 0. The number of hydrogen-bond acceptors (Lipinski definition) is 5. The molecule has 0 unspecified atom stereocenters. The summed E-state index contributed by atoms with van der Waals surface area (Å²) in [5.74, 6) is -1.40. The average Bonchev–Trinajstić information content (AvgIpc) is 3.28. The predicted molar refractivity (Wildman–Crippen MR) is 104 cm³/mol. The van der Waals surface area contributed by atoms with Crippen LogP contribution >= 0.6 is 0 Å². The number of halogens is 2. The fraction of sp³-hybridized carbons (Fsp3) is 0.333. The number of carbonyl (C=O) groups is 1.